The van der Waals surface area contributed by atoms with Crippen molar-refractivity contribution in [2.24, 2.45) is 5.73 Å². The lowest BCUT2D eigenvalue weighted by molar-refractivity contribution is -0.140. The highest BCUT2D eigenvalue weighted by Crippen LogP contribution is 2.39. The predicted octanol–water partition coefficient (Wildman–Crippen LogP) is 2.32. The van der Waals surface area contributed by atoms with Gasteiger partial charge in [-0.15, -0.1) is 0 Å². The summed E-state index contributed by atoms with van der Waals surface area (Å²) >= 11 is 0. The van der Waals surface area contributed by atoms with E-state index in [1.165, 1.54) is 12.0 Å². The molecule has 1 unspecified atom stereocenters. The van der Waals surface area contributed by atoms with Crippen LogP contribution in [0, 0.1) is 0 Å². The molecule has 2 aromatic carbocycles. The molecule has 3 rings (SSSR count). The third-order valence-corrected chi connectivity index (χ3v) is 6.03. The summed E-state index contributed by atoms with van der Waals surface area (Å²) in [7, 11) is 1.53. The van der Waals surface area contributed by atoms with Gasteiger partial charge >= 0.3 is 0 Å². The molecule has 0 aromatic heterocycles. The highest BCUT2D eigenvalue weighted by Gasteiger charge is 2.46. The standard InChI is InChI=1S/C26H31N3O6/c1-4-28(5-2)14-15-29-23(17-6-12-20(13-7-17)35-16-21(27)30)22(25(32)26(29)33)24(31)18-8-10-19(34-3)11-9-18/h6-13,23,31H,4-5,14-16H2,1-3H3,(H2,27,30). The molecule has 1 heterocycles. The van der Waals surface area contributed by atoms with Crippen molar-refractivity contribution in [3.63, 3.8) is 0 Å². The number of likely N-dealkylation sites (tertiary alicyclic amines) is 1. The molecule has 1 aliphatic rings. The molecule has 1 aliphatic heterocycles. The van der Waals surface area contributed by atoms with Crippen molar-refractivity contribution in [1.29, 1.82) is 0 Å². The number of carbonyl (C=O) groups excluding carboxylic acids is 3. The van der Waals surface area contributed by atoms with Crippen LogP contribution in [0.3, 0.4) is 0 Å². The minimum absolute atomic E-state index is 0.0190. The summed E-state index contributed by atoms with van der Waals surface area (Å²) in [5, 5.41) is 11.1. The average molecular weight is 482 g/mol. The fourth-order valence-corrected chi connectivity index (χ4v) is 4.05. The minimum atomic E-state index is -0.780. The fourth-order valence-electron chi connectivity index (χ4n) is 4.05. The summed E-state index contributed by atoms with van der Waals surface area (Å²) in [6, 6.07) is 12.5. The Morgan fingerprint density at radius 2 is 1.63 bits per heavy atom. The van der Waals surface area contributed by atoms with E-state index in [0.717, 1.165) is 13.1 Å². The fraction of sp³-hybridized carbons (Fsp3) is 0.346. The summed E-state index contributed by atoms with van der Waals surface area (Å²) in [5.74, 6) is -1.23. The van der Waals surface area contributed by atoms with E-state index in [1.807, 2.05) is 13.8 Å². The Hall–Kier alpha value is -3.85. The lowest BCUT2D eigenvalue weighted by Crippen LogP contribution is -2.38. The number of benzene rings is 2. The van der Waals surface area contributed by atoms with Crippen molar-refractivity contribution in [1.82, 2.24) is 9.80 Å². The van der Waals surface area contributed by atoms with E-state index in [2.05, 4.69) is 4.90 Å². The van der Waals surface area contributed by atoms with E-state index in [-0.39, 0.29) is 17.9 Å². The summed E-state index contributed by atoms with van der Waals surface area (Å²) in [5.41, 5.74) is 6.18. The van der Waals surface area contributed by atoms with Crippen molar-refractivity contribution in [2.75, 3.05) is 39.9 Å². The van der Waals surface area contributed by atoms with Gasteiger partial charge in [0.25, 0.3) is 17.6 Å². The molecule has 1 atom stereocenters. The number of nitrogens with two attached hydrogens (primary N) is 1. The normalized spacial score (nSPS) is 17.1. The second-order valence-electron chi connectivity index (χ2n) is 8.07. The topological polar surface area (TPSA) is 122 Å². The van der Waals surface area contributed by atoms with Gasteiger partial charge < -0.3 is 30.1 Å². The van der Waals surface area contributed by atoms with Crippen molar-refractivity contribution < 1.29 is 29.0 Å². The Balaban J connectivity index is 2.03. The van der Waals surface area contributed by atoms with Crippen LogP contribution in [0.2, 0.25) is 0 Å². The van der Waals surface area contributed by atoms with Gasteiger partial charge in [0.2, 0.25) is 0 Å². The molecular formula is C26H31N3O6. The molecule has 1 fully saturated rings. The molecule has 35 heavy (non-hydrogen) atoms. The molecule has 2 aromatic rings. The molecule has 3 N–H and O–H groups in total. The number of aliphatic hydroxyl groups is 1. The van der Waals surface area contributed by atoms with Gasteiger partial charge in [-0.3, -0.25) is 14.4 Å². The highest BCUT2D eigenvalue weighted by molar-refractivity contribution is 6.46. The highest BCUT2D eigenvalue weighted by atomic mass is 16.5. The van der Waals surface area contributed by atoms with Gasteiger partial charge in [-0.05, 0) is 55.1 Å². The van der Waals surface area contributed by atoms with Gasteiger partial charge in [0, 0.05) is 18.7 Å². The summed E-state index contributed by atoms with van der Waals surface area (Å²) in [6.45, 7) is 6.31. The van der Waals surface area contributed by atoms with Gasteiger partial charge in [-0.2, -0.15) is 0 Å². The van der Waals surface area contributed by atoms with E-state index >= 15 is 0 Å². The van der Waals surface area contributed by atoms with Crippen LogP contribution in [0.4, 0.5) is 0 Å². The van der Waals surface area contributed by atoms with E-state index in [9.17, 15) is 19.5 Å². The van der Waals surface area contributed by atoms with E-state index in [4.69, 9.17) is 15.2 Å². The number of Topliss-reactive ketones (excluding diaryl/α,β-unsaturated/α-hetero) is 1. The first-order valence-corrected chi connectivity index (χ1v) is 11.5. The Kier molecular flexibility index (Phi) is 8.48. The molecule has 186 valence electrons. The average Bonchev–Trinajstić information content (AvgIpc) is 3.13. The van der Waals surface area contributed by atoms with Gasteiger partial charge in [-0.25, -0.2) is 0 Å². The maximum atomic E-state index is 13.1. The number of likely N-dealkylation sites (N-methyl/N-ethyl adjacent to an activating group) is 1. The second-order valence-corrected chi connectivity index (χ2v) is 8.07. The molecule has 1 saturated heterocycles. The second kappa shape index (κ2) is 11.5. The molecule has 0 bridgehead atoms. The maximum absolute atomic E-state index is 13.1. The zero-order valence-electron chi connectivity index (χ0n) is 20.2. The molecule has 9 nitrogen and oxygen atoms in total. The summed E-state index contributed by atoms with van der Waals surface area (Å²) < 4.78 is 10.5. The molecule has 0 spiro atoms. The van der Waals surface area contributed by atoms with Crippen LogP contribution in [0.15, 0.2) is 54.1 Å². The number of primary amides is 1. The zero-order valence-corrected chi connectivity index (χ0v) is 20.2. The Morgan fingerprint density at radius 1 is 1.03 bits per heavy atom. The first kappa shape index (κ1) is 25.8. The number of nitrogens with zero attached hydrogens (tertiary/aromatic N) is 2. The Bertz CT molecular complexity index is 1090. The van der Waals surface area contributed by atoms with Crippen LogP contribution < -0.4 is 15.2 Å². The van der Waals surface area contributed by atoms with Crippen molar-refractivity contribution >= 4 is 23.4 Å². The zero-order chi connectivity index (χ0) is 25.5. The molecule has 0 radical (unpaired) electrons. The summed E-state index contributed by atoms with van der Waals surface area (Å²) in [4.78, 5) is 40.9. The quantitative estimate of drug-likeness (QED) is 0.287. The maximum Gasteiger partial charge on any atom is 0.295 e. The van der Waals surface area contributed by atoms with Crippen LogP contribution >= 0.6 is 0 Å². The number of ether oxygens (including phenoxy) is 2. The number of hydrogen-bond donors (Lipinski definition) is 2. The number of rotatable bonds is 11. The third-order valence-electron chi connectivity index (χ3n) is 6.03. The minimum Gasteiger partial charge on any atom is -0.507 e. The third kappa shape index (κ3) is 5.81. The van der Waals surface area contributed by atoms with Gasteiger partial charge in [0.1, 0.15) is 17.3 Å². The predicted molar refractivity (Wildman–Crippen MR) is 131 cm³/mol. The smallest absolute Gasteiger partial charge is 0.295 e. The first-order chi connectivity index (χ1) is 16.8. The van der Waals surface area contributed by atoms with E-state index in [0.29, 0.717) is 35.7 Å². The van der Waals surface area contributed by atoms with E-state index in [1.54, 1.807) is 48.5 Å². The number of methoxy groups -OCH3 is 1. The lowest BCUT2D eigenvalue weighted by Gasteiger charge is -2.28. The molecule has 0 saturated carbocycles. The number of carbonyl (C=O) groups is 3. The molecule has 2 amide bonds. The Morgan fingerprint density at radius 3 is 2.17 bits per heavy atom. The summed E-state index contributed by atoms with van der Waals surface area (Å²) in [6.07, 6.45) is 0. The van der Waals surface area contributed by atoms with Crippen LogP contribution in [-0.2, 0) is 14.4 Å². The van der Waals surface area contributed by atoms with Crippen molar-refractivity contribution in [3.05, 3.63) is 65.2 Å². The van der Waals surface area contributed by atoms with Gasteiger partial charge in [0.05, 0.1) is 18.7 Å². The number of aliphatic hydroxyl groups excluding tert-OH is 1. The lowest BCUT2D eigenvalue weighted by atomic mass is 9.95. The Labute approximate surface area is 204 Å². The van der Waals surface area contributed by atoms with Crippen molar-refractivity contribution in [3.8, 4) is 11.5 Å². The van der Waals surface area contributed by atoms with Gasteiger partial charge in [0.15, 0.2) is 6.61 Å². The molecule has 0 aliphatic carbocycles. The molecular weight excluding hydrogens is 450 g/mol. The number of ketones is 1. The van der Waals surface area contributed by atoms with Crippen LogP contribution in [0.5, 0.6) is 11.5 Å². The van der Waals surface area contributed by atoms with Gasteiger partial charge in [-0.1, -0.05) is 26.0 Å². The monoisotopic (exact) mass is 481 g/mol. The number of hydrogen-bond acceptors (Lipinski definition) is 7. The number of amides is 2. The molecule has 9 heteroatoms. The van der Waals surface area contributed by atoms with Crippen LogP contribution in [-0.4, -0.2) is 72.4 Å². The largest absolute Gasteiger partial charge is 0.507 e. The first-order valence-electron chi connectivity index (χ1n) is 11.5. The van der Waals surface area contributed by atoms with E-state index < -0.39 is 23.6 Å². The van der Waals surface area contributed by atoms with Crippen LogP contribution in [0.1, 0.15) is 31.0 Å². The van der Waals surface area contributed by atoms with Crippen molar-refractivity contribution in [2.45, 2.75) is 19.9 Å². The van der Waals surface area contributed by atoms with Crippen LogP contribution in [0.25, 0.3) is 5.76 Å². The SMILES string of the molecule is CCN(CC)CCN1C(=O)C(=O)C(=C(O)c2ccc(OC)cc2)C1c1ccc(OCC(N)=O)cc1.